The van der Waals surface area contributed by atoms with Crippen LogP contribution < -0.4 is 11.1 Å². The fraction of sp³-hybridized carbons (Fsp3) is 0.286. The average molecular weight is 307 g/mol. The van der Waals surface area contributed by atoms with E-state index >= 15 is 0 Å². The number of amides is 1. The van der Waals surface area contributed by atoms with Gasteiger partial charge in [0.15, 0.2) is 0 Å². The van der Waals surface area contributed by atoms with Crippen molar-refractivity contribution in [2.45, 2.75) is 12.6 Å². The van der Waals surface area contributed by atoms with Gasteiger partial charge in [-0.2, -0.15) is 5.10 Å². The van der Waals surface area contributed by atoms with Crippen molar-refractivity contribution < 1.29 is 9.90 Å². The quantitative estimate of drug-likeness (QED) is 0.787. The van der Waals surface area contributed by atoms with Crippen molar-refractivity contribution in [2.24, 2.45) is 5.73 Å². The van der Waals surface area contributed by atoms with E-state index in [4.69, 9.17) is 17.3 Å². The Hall–Kier alpha value is -1.89. The Labute approximate surface area is 126 Å². The van der Waals surface area contributed by atoms with E-state index in [2.05, 4.69) is 10.4 Å². The van der Waals surface area contributed by atoms with Crippen molar-refractivity contribution in [3.63, 3.8) is 0 Å². The lowest BCUT2D eigenvalue weighted by Crippen LogP contribution is -2.36. The number of carbonyl (C=O) groups excluding carboxylic acids is 1. The van der Waals surface area contributed by atoms with Crippen molar-refractivity contribution in [1.82, 2.24) is 15.1 Å². The molecule has 0 spiro atoms. The maximum atomic E-state index is 11.9. The third-order valence-corrected chi connectivity index (χ3v) is 3.82. The Kier molecular flexibility index (Phi) is 3.67. The van der Waals surface area contributed by atoms with Gasteiger partial charge in [-0.25, -0.2) is 0 Å². The number of nitrogens with two attached hydrogens (primary N) is 1. The highest BCUT2D eigenvalue weighted by Gasteiger charge is 2.29. The summed E-state index contributed by atoms with van der Waals surface area (Å²) in [7, 11) is 0. The second-order valence-corrected chi connectivity index (χ2v) is 5.39. The number of nitrogens with one attached hydrogen (secondary N) is 1. The molecule has 1 amide bonds. The highest BCUT2D eigenvalue weighted by molar-refractivity contribution is 6.30. The van der Waals surface area contributed by atoms with Gasteiger partial charge in [-0.3, -0.25) is 9.48 Å². The van der Waals surface area contributed by atoms with Crippen LogP contribution in [0.2, 0.25) is 5.02 Å². The molecular weight excluding hydrogens is 292 g/mol. The largest absolute Gasteiger partial charge is 0.394 e. The van der Waals surface area contributed by atoms with E-state index in [1.807, 2.05) is 6.07 Å². The molecule has 2 heterocycles. The maximum Gasteiger partial charge on any atom is 0.252 e. The molecular formula is C14H15ClN4O2. The number of primary amides is 1. The number of aliphatic hydroxyl groups is 1. The van der Waals surface area contributed by atoms with E-state index in [1.165, 1.54) is 0 Å². The van der Waals surface area contributed by atoms with Crippen molar-refractivity contribution in [3.05, 3.63) is 40.5 Å². The molecule has 4 N–H and O–H groups in total. The number of fused-ring (bicyclic) bond motifs is 1. The molecule has 1 aromatic carbocycles. The molecule has 7 heteroatoms. The molecule has 3 rings (SSSR count). The van der Waals surface area contributed by atoms with Gasteiger partial charge in [0.1, 0.15) is 5.69 Å². The first-order chi connectivity index (χ1) is 10.1. The first kappa shape index (κ1) is 14.1. The number of benzene rings is 1. The number of hydrogen-bond acceptors (Lipinski definition) is 4. The van der Waals surface area contributed by atoms with Crippen molar-refractivity contribution in [2.75, 3.05) is 13.2 Å². The van der Waals surface area contributed by atoms with E-state index in [-0.39, 0.29) is 12.6 Å². The third-order valence-electron chi connectivity index (χ3n) is 3.58. The SMILES string of the molecule is NC(=O)c1c(-c2cccc(Cl)c2)nn2c1CNCC2CO. The summed E-state index contributed by atoms with van der Waals surface area (Å²) in [5, 5.41) is 17.7. The number of aromatic nitrogens is 2. The summed E-state index contributed by atoms with van der Waals surface area (Å²) in [6, 6.07) is 6.91. The van der Waals surface area contributed by atoms with Crippen LogP contribution in [0.3, 0.4) is 0 Å². The molecule has 2 aromatic rings. The van der Waals surface area contributed by atoms with Crippen LogP contribution in [0.4, 0.5) is 0 Å². The lowest BCUT2D eigenvalue weighted by molar-refractivity contribution is 0.0998. The number of hydrogen-bond donors (Lipinski definition) is 3. The zero-order valence-electron chi connectivity index (χ0n) is 11.2. The van der Waals surface area contributed by atoms with Gasteiger partial charge in [-0.1, -0.05) is 23.7 Å². The van der Waals surface area contributed by atoms with Gasteiger partial charge in [0.2, 0.25) is 0 Å². The number of halogens is 1. The minimum absolute atomic E-state index is 0.0606. The van der Waals surface area contributed by atoms with Crippen LogP contribution in [0.1, 0.15) is 22.1 Å². The van der Waals surface area contributed by atoms with Gasteiger partial charge in [-0.05, 0) is 12.1 Å². The first-order valence-corrected chi connectivity index (χ1v) is 6.98. The van der Waals surface area contributed by atoms with Gasteiger partial charge in [-0.15, -0.1) is 0 Å². The van der Waals surface area contributed by atoms with E-state index in [9.17, 15) is 9.90 Å². The predicted molar refractivity (Wildman–Crippen MR) is 79.0 cm³/mol. The summed E-state index contributed by atoms with van der Waals surface area (Å²) in [4.78, 5) is 11.9. The summed E-state index contributed by atoms with van der Waals surface area (Å²) in [6.45, 7) is 1.02. The molecule has 1 aromatic heterocycles. The molecule has 1 aliphatic heterocycles. The molecule has 6 nitrogen and oxygen atoms in total. The summed E-state index contributed by atoms with van der Waals surface area (Å²) >= 11 is 6.01. The molecule has 1 atom stereocenters. The van der Waals surface area contributed by atoms with Gasteiger partial charge in [0, 0.05) is 23.7 Å². The van der Waals surface area contributed by atoms with Crippen LogP contribution in [-0.2, 0) is 6.54 Å². The normalized spacial score (nSPS) is 17.5. The predicted octanol–water partition coefficient (Wildman–Crippen LogP) is 0.939. The maximum absolute atomic E-state index is 11.9. The van der Waals surface area contributed by atoms with E-state index in [1.54, 1.807) is 22.9 Å². The Morgan fingerprint density at radius 3 is 3.05 bits per heavy atom. The summed E-state index contributed by atoms with van der Waals surface area (Å²) in [5.41, 5.74) is 7.84. The fourth-order valence-electron chi connectivity index (χ4n) is 2.62. The van der Waals surface area contributed by atoms with E-state index < -0.39 is 5.91 Å². The Bertz CT molecular complexity index is 698. The summed E-state index contributed by atoms with van der Waals surface area (Å²) in [6.07, 6.45) is 0. The molecule has 110 valence electrons. The standard InChI is InChI=1S/C14H15ClN4O2/c15-9-3-1-2-8(4-9)13-12(14(16)21)11-6-17-5-10(7-20)19(11)18-13/h1-4,10,17,20H,5-7H2,(H2,16,21). The zero-order valence-corrected chi connectivity index (χ0v) is 12.0. The van der Waals surface area contributed by atoms with Crippen LogP contribution in [-0.4, -0.2) is 33.9 Å². The topological polar surface area (TPSA) is 93.2 Å². The van der Waals surface area contributed by atoms with E-state index in [0.29, 0.717) is 35.1 Å². The summed E-state index contributed by atoms with van der Waals surface area (Å²) in [5.74, 6) is -0.536. The van der Waals surface area contributed by atoms with Crippen molar-refractivity contribution >= 4 is 17.5 Å². The van der Waals surface area contributed by atoms with Gasteiger partial charge in [0.05, 0.1) is 23.9 Å². The van der Waals surface area contributed by atoms with Crippen LogP contribution in [0.5, 0.6) is 0 Å². The minimum atomic E-state index is -0.536. The lowest BCUT2D eigenvalue weighted by Gasteiger charge is -2.24. The molecule has 1 aliphatic rings. The monoisotopic (exact) mass is 306 g/mol. The highest BCUT2D eigenvalue weighted by atomic mass is 35.5. The van der Waals surface area contributed by atoms with Crippen LogP contribution >= 0.6 is 11.6 Å². The minimum Gasteiger partial charge on any atom is -0.394 e. The molecule has 21 heavy (non-hydrogen) atoms. The Balaban J connectivity index is 2.21. The molecule has 0 saturated heterocycles. The second-order valence-electron chi connectivity index (χ2n) is 4.96. The van der Waals surface area contributed by atoms with Crippen molar-refractivity contribution in [1.29, 1.82) is 0 Å². The number of carbonyl (C=O) groups is 1. The van der Waals surface area contributed by atoms with Crippen LogP contribution in [0.15, 0.2) is 24.3 Å². The molecule has 0 aliphatic carbocycles. The fourth-order valence-corrected chi connectivity index (χ4v) is 2.81. The van der Waals surface area contributed by atoms with Crippen LogP contribution in [0.25, 0.3) is 11.3 Å². The highest BCUT2D eigenvalue weighted by Crippen LogP contribution is 2.30. The average Bonchev–Trinajstić information content (AvgIpc) is 2.86. The van der Waals surface area contributed by atoms with Gasteiger partial charge < -0.3 is 16.2 Å². The third kappa shape index (κ3) is 2.42. The van der Waals surface area contributed by atoms with Crippen LogP contribution in [0, 0.1) is 0 Å². The molecule has 0 fully saturated rings. The van der Waals surface area contributed by atoms with Gasteiger partial charge in [0.25, 0.3) is 5.91 Å². The van der Waals surface area contributed by atoms with E-state index in [0.717, 1.165) is 5.56 Å². The molecule has 1 unspecified atom stereocenters. The molecule has 0 radical (unpaired) electrons. The van der Waals surface area contributed by atoms with Gasteiger partial charge >= 0.3 is 0 Å². The zero-order chi connectivity index (χ0) is 15.0. The number of rotatable bonds is 3. The number of nitrogens with zero attached hydrogens (tertiary/aromatic N) is 2. The molecule has 0 saturated carbocycles. The number of aliphatic hydroxyl groups excluding tert-OH is 1. The second kappa shape index (κ2) is 5.48. The molecule has 0 bridgehead atoms. The summed E-state index contributed by atoms with van der Waals surface area (Å²) < 4.78 is 1.69. The lowest BCUT2D eigenvalue weighted by atomic mass is 10.0. The van der Waals surface area contributed by atoms with Crippen molar-refractivity contribution in [3.8, 4) is 11.3 Å². The smallest absolute Gasteiger partial charge is 0.252 e. The Morgan fingerprint density at radius 1 is 1.57 bits per heavy atom. The first-order valence-electron chi connectivity index (χ1n) is 6.60. The Morgan fingerprint density at radius 2 is 2.38 bits per heavy atom.